The Balaban J connectivity index is 1.87. The van der Waals surface area contributed by atoms with Crippen LogP contribution in [0.25, 0.3) is 28.1 Å². The third-order valence-corrected chi connectivity index (χ3v) is 3.57. The molecule has 0 aliphatic heterocycles. The van der Waals surface area contributed by atoms with Crippen molar-refractivity contribution >= 4 is 11.0 Å². The molecule has 21 heavy (non-hydrogen) atoms. The first-order chi connectivity index (χ1) is 10.3. The van der Waals surface area contributed by atoms with Crippen molar-refractivity contribution in [3.63, 3.8) is 0 Å². The van der Waals surface area contributed by atoms with Crippen molar-refractivity contribution in [1.29, 1.82) is 0 Å². The van der Waals surface area contributed by atoms with Crippen molar-refractivity contribution in [2.45, 2.75) is 6.92 Å². The highest BCUT2D eigenvalue weighted by atomic mass is 15.2. The number of nitrogens with zero attached hydrogens (tertiary/aromatic N) is 4. The van der Waals surface area contributed by atoms with Gasteiger partial charge in [-0.15, -0.1) is 10.2 Å². The molecule has 2 aromatic carbocycles. The Hall–Kier alpha value is -2.95. The van der Waals surface area contributed by atoms with Crippen molar-refractivity contribution < 1.29 is 0 Å². The van der Waals surface area contributed by atoms with E-state index < -0.39 is 0 Å². The number of imidazole rings is 1. The van der Waals surface area contributed by atoms with Crippen LogP contribution in [0.15, 0.2) is 55.1 Å². The Kier molecular flexibility index (Phi) is 2.57. The molecule has 2 heterocycles. The van der Waals surface area contributed by atoms with Gasteiger partial charge in [-0.05, 0) is 30.7 Å². The molecule has 1 N–H and O–H groups in total. The van der Waals surface area contributed by atoms with Crippen molar-refractivity contribution in [1.82, 2.24) is 24.7 Å². The zero-order valence-corrected chi connectivity index (χ0v) is 11.5. The lowest BCUT2D eigenvalue weighted by atomic mass is 10.1. The molecule has 0 bridgehead atoms. The Morgan fingerprint density at radius 3 is 2.62 bits per heavy atom. The lowest BCUT2D eigenvalue weighted by Crippen LogP contribution is -1.95. The summed E-state index contributed by atoms with van der Waals surface area (Å²) in [6, 6.07) is 14.3. The summed E-state index contributed by atoms with van der Waals surface area (Å²) in [6.45, 7) is 2.07. The zero-order valence-electron chi connectivity index (χ0n) is 11.5. The zero-order chi connectivity index (χ0) is 14.2. The number of aromatic amines is 1. The highest BCUT2D eigenvalue weighted by Gasteiger charge is 2.08. The number of H-pyrrole nitrogens is 1. The molecule has 0 fully saturated rings. The minimum Gasteiger partial charge on any atom is -0.338 e. The maximum absolute atomic E-state index is 4.64. The van der Waals surface area contributed by atoms with Gasteiger partial charge in [0.25, 0.3) is 0 Å². The minimum absolute atomic E-state index is 0.866. The van der Waals surface area contributed by atoms with E-state index in [9.17, 15) is 0 Å². The van der Waals surface area contributed by atoms with Crippen molar-refractivity contribution in [3.8, 4) is 17.1 Å². The minimum atomic E-state index is 0.866. The molecule has 0 unspecified atom stereocenters. The summed E-state index contributed by atoms with van der Waals surface area (Å²) in [6.07, 6.45) is 3.40. The van der Waals surface area contributed by atoms with Gasteiger partial charge in [-0.2, -0.15) is 0 Å². The van der Waals surface area contributed by atoms with Crippen molar-refractivity contribution in [2.75, 3.05) is 0 Å². The van der Waals surface area contributed by atoms with E-state index in [0.29, 0.717) is 0 Å². The van der Waals surface area contributed by atoms with Gasteiger partial charge in [0.1, 0.15) is 18.5 Å². The van der Waals surface area contributed by atoms with E-state index in [4.69, 9.17) is 0 Å². The molecule has 0 saturated heterocycles. The van der Waals surface area contributed by atoms with Crippen LogP contribution in [0, 0.1) is 6.92 Å². The molecule has 0 amide bonds. The second kappa shape index (κ2) is 4.56. The van der Waals surface area contributed by atoms with E-state index in [0.717, 1.165) is 33.7 Å². The molecule has 5 heteroatoms. The van der Waals surface area contributed by atoms with Gasteiger partial charge in [0.15, 0.2) is 0 Å². The van der Waals surface area contributed by atoms with Crippen LogP contribution in [-0.4, -0.2) is 24.7 Å². The Labute approximate surface area is 121 Å². The van der Waals surface area contributed by atoms with Gasteiger partial charge in [-0.25, -0.2) is 4.98 Å². The van der Waals surface area contributed by atoms with Gasteiger partial charge in [0, 0.05) is 5.56 Å². The third kappa shape index (κ3) is 1.99. The van der Waals surface area contributed by atoms with Gasteiger partial charge in [-0.1, -0.05) is 24.3 Å². The van der Waals surface area contributed by atoms with Crippen LogP contribution in [0.3, 0.4) is 0 Å². The summed E-state index contributed by atoms with van der Waals surface area (Å²) in [5, 5.41) is 7.73. The lowest BCUT2D eigenvalue weighted by Gasteiger charge is -2.07. The van der Waals surface area contributed by atoms with Crippen LogP contribution < -0.4 is 0 Å². The van der Waals surface area contributed by atoms with Crippen LogP contribution in [0.5, 0.6) is 0 Å². The largest absolute Gasteiger partial charge is 0.338 e. The van der Waals surface area contributed by atoms with Crippen LogP contribution in [0.4, 0.5) is 0 Å². The normalized spacial score (nSPS) is 11.1. The van der Waals surface area contributed by atoms with Gasteiger partial charge >= 0.3 is 0 Å². The van der Waals surface area contributed by atoms with E-state index in [1.165, 1.54) is 0 Å². The number of aromatic nitrogens is 5. The summed E-state index contributed by atoms with van der Waals surface area (Å²) in [7, 11) is 0. The maximum atomic E-state index is 4.64. The van der Waals surface area contributed by atoms with Gasteiger partial charge < -0.3 is 4.98 Å². The molecule has 0 spiro atoms. The standard InChI is InChI=1S/C16H13N5/c1-11-6-7-12(8-15(11)21-9-17-18-10-21)16-19-13-4-2-3-5-14(13)20-16/h2-10H,1H3,(H,19,20). The van der Waals surface area contributed by atoms with Crippen LogP contribution >= 0.6 is 0 Å². The summed E-state index contributed by atoms with van der Waals surface area (Å²) < 4.78 is 1.90. The Bertz CT molecular complexity index is 872. The van der Waals surface area contributed by atoms with Crippen molar-refractivity contribution in [3.05, 3.63) is 60.7 Å². The van der Waals surface area contributed by atoms with E-state index in [1.807, 2.05) is 28.8 Å². The first-order valence-electron chi connectivity index (χ1n) is 6.72. The molecule has 0 atom stereocenters. The van der Waals surface area contributed by atoms with E-state index in [2.05, 4.69) is 45.3 Å². The molecule has 4 rings (SSSR count). The van der Waals surface area contributed by atoms with Gasteiger partial charge in [0.2, 0.25) is 0 Å². The molecule has 5 nitrogen and oxygen atoms in total. The number of aryl methyl sites for hydroxylation is 1. The molecule has 2 aromatic heterocycles. The van der Waals surface area contributed by atoms with Crippen LogP contribution in [-0.2, 0) is 0 Å². The molecular formula is C16H13N5. The maximum Gasteiger partial charge on any atom is 0.138 e. The van der Waals surface area contributed by atoms with E-state index in [1.54, 1.807) is 12.7 Å². The first-order valence-corrected chi connectivity index (χ1v) is 6.72. The summed E-state index contributed by atoms with van der Waals surface area (Å²) in [4.78, 5) is 7.99. The second-order valence-corrected chi connectivity index (χ2v) is 4.97. The van der Waals surface area contributed by atoms with Crippen LogP contribution in [0.2, 0.25) is 0 Å². The Morgan fingerprint density at radius 2 is 1.81 bits per heavy atom. The fourth-order valence-corrected chi connectivity index (χ4v) is 2.45. The fourth-order valence-electron chi connectivity index (χ4n) is 2.45. The second-order valence-electron chi connectivity index (χ2n) is 4.97. The lowest BCUT2D eigenvalue weighted by molar-refractivity contribution is 1.04. The van der Waals surface area contributed by atoms with Crippen molar-refractivity contribution in [2.24, 2.45) is 0 Å². The smallest absolute Gasteiger partial charge is 0.138 e. The molecule has 0 aliphatic rings. The number of benzene rings is 2. The number of rotatable bonds is 2. The molecule has 102 valence electrons. The average Bonchev–Trinajstić information content (AvgIpc) is 3.17. The number of para-hydroxylation sites is 2. The average molecular weight is 275 g/mol. The van der Waals surface area contributed by atoms with Gasteiger partial charge in [0.05, 0.1) is 16.7 Å². The molecule has 0 saturated carbocycles. The predicted molar refractivity (Wildman–Crippen MR) is 81.2 cm³/mol. The SMILES string of the molecule is Cc1ccc(-c2nc3ccccc3[nH]2)cc1-n1cnnc1. The number of fused-ring (bicyclic) bond motifs is 1. The first kappa shape index (κ1) is 11.8. The Morgan fingerprint density at radius 1 is 1.00 bits per heavy atom. The number of hydrogen-bond acceptors (Lipinski definition) is 3. The summed E-state index contributed by atoms with van der Waals surface area (Å²) in [5.41, 5.74) is 5.27. The number of hydrogen-bond donors (Lipinski definition) is 1. The quantitative estimate of drug-likeness (QED) is 0.611. The third-order valence-electron chi connectivity index (χ3n) is 3.57. The van der Waals surface area contributed by atoms with Gasteiger partial charge in [-0.3, -0.25) is 4.57 Å². The summed E-state index contributed by atoms with van der Waals surface area (Å²) in [5.74, 6) is 0.866. The van der Waals surface area contributed by atoms with E-state index in [-0.39, 0.29) is 0 Å². The molecule has 0 aliphatic carbocycles. The molecular weight excluding hydrogens is 262 g/mol. The van der Waals surface area contributed by atoms with E-state index >= 15 is 0 Å². The molecule has 0 radical (unpaired) electrons. The number of nitrogens with one attached hydrogen (secondary N) is 1. The highest BCUT2D eigenvalue weighted by Crippen LogP contribution is 2.24. The molecule has 4 aromatic rings. The predicted octanol–water partition coefficient (Wildman–Crippen LogP) is 3.12. The topological polar surface area (TPSA) is 59.4 Å². The monoisotopic (exact) mass is 275 g/mol. The summed E-state index contributed by atoms with van der Waals surface area (Å²) >= 11 is 0. The highest BCUT2D eigenvalue weighted by molar-refractivity contribution is 5.79. The fraction of sp³-hybridized carbons (Fsp3) is 0.0625. The van der Waals surface area contributed by atoms with Crippen LogP contribution in [0.1, 0.15) is 5.56 Å².